The van der Waals surface area contributed by atoms with Crippen LogP contribution in [-0.4, -0.2) is 10.5 Å². The van der Waals surface area contributed by atoms with Crippen molar-refractivity contribution in [2.24, 2.45) is 0 Å². The van der Waals surface area contributed by atoms with Crippen molar-refractivity contribution in [2.75, 3.05) is 5.32 Å². The number of benzene rings is 2. The first-order chi connectivity index (χ1) is 10.1. The number of aromatic nitrogens is 1. The van der Waals surface area contributed by atoms with Crippen molar-refractivity contribution in [1.29, 1.82) is 0 Å². The molecule has 0 radical (unpaired) electrons. The molecule has 0 atom stereocenters. The number of amides is 1. The van der Waals surface area contributed by atoms with E-state index in [9.17, 15) is 4.79 Å². The minimum absolute atomic E-state index is 0.0689. The topological polar surface area (TPSA) is 34.0 Å². The molecule has 106 valence electrons. The molecular weight excluding hydrogens is 352 g/mol. The fourth-order valence-electron chi connectivity index (χ4n) is 2.23. The van der Waals surface area contributed by atoms with Gasteiger partial charge in [0, 0.05) is 32.3 Å². The van der Waals surface area contributed by atoms with E-state index in [1.54, 1.807) is 0 Å². The summed E-state index contributed by atoms with van der Waals surface area (Å²) in [6.07, 6.45) is 1.89. The minimum Gasteiger partial charge on any atom is -0.338 e. The van der Waals surface area contributed by atoms with Gasteiger partial charge < -0.3 is 9.88 Å². The summed E-state index contributed by atoms with van der Waals surface area (Å²) < 4.78 is 2.83. The molecule has 21 heavy (non-hydrogen) atoms. The van der Waals surface area contributed by atoms with Crippen LogP contribution in [0, 0.1) is 0 Å². The van der Waals surface area contributed by atoms with E-state index in [-0.39, 0.29) is 12.5 Å². The second kappa shape index (κ2) is 5.92. The summed E-state index contributed by atoms with van der Waals surface area (Å²) in [5.74, 6) is -0.0689. The van der Waals surface area contributed by atoms with Crippen molar-refractivity contribution in [2.45, 2.75) is 6.54 Å². The van der Waals surface area contributed by atoms with Crippen LogP contribution in [0.2, 0.25) is 5.02 Å². The molecule has 5 heteroatoms. The first-order valence-electron chi connectivity index (χ1n) is 6.42. The molecule has 0 saturated carbocycles. The van der Waals surface area contributed by atoms with Gasteiger partial charge in [-0.05, 0) is 42.5 Å². The fraction of sp³-hybridized carbons (Fsp3) is 0.0625. The highest BCUT2D eigenvalue weighted by molar-refractivity contribution is 9.10. The molecule has 2 aromatic carbocycles. The van der Waals surface area contributed by atoms with E-state index in [1.807, 2.05) is 59.3 Å². The largest absolute Gasteiger partial charge is 0.338 e. The van der Waals surface area contributed by atoms with Crippen LogP contribution in [0.1, 0.15) is 0 Å². The van der Waals surface area contributed by atoms with E-state index < -0.39 is 0 Å². The van der Waals surface area contributed by atoms with Crippen LogP contribution >= 0.6 is 27.5 Å². The third-order valence-corrected chi connectivity index (χ3v) is 3.88. The average Bonchev–Trinajstić information content (AvgIpc) is 2.81. The maximum atomic E-state index is 12.1. The Hall–Kier alpha value is -1.78. The number of hydrogen-bond acceptors (Lipinski definition) is 1. The summed E-state index contributed by atoms with van der Waals surface area (Å²) >= 11 is 9.35. The summed E-state index contributed by atoms with van der Waals surface area (Å²) in [5.41, 5.74) is 1.76. The van der Waals surface area contributed by atoms with Gasteiger partial charge in [-0.2, -0.15) is 0 Å². The molecule has 3 aromatic rings. The van der Waals surface area contributed by atoms with Gasteiger partial charge in [-0.1, -0.05) is 33.6 Å². The Bertz CT molecular complexity index is 813. The summed E-state index contributed by atoms with van der Waals surface area (Å²) in [5, 5.41) is 4.60. The summed E-state index contributed by atoms with van der Waals surface area (Å²) in [6.45, 7) is 0.262. The number of fused-ring (bicyclic) bond motifs is 1. The summed E-state index contributed by atoms with van der Waals surface area (Å²) in [6, 6.07) is 15.1. The molecule has 0 aliphatic heterocycles. The Balaban J connectivity index is 1.77. The Morgan fingerprint density at radius 1 is 1.19 bits per heavy atom. The zero-order valence-corrected chi connectivity index (χ0v) is 13.4. The van der Waals surface area contributed by atoms with Gasteiger partial charge in [0.25, 0.3) is 0 Å². The molecule has 0 unspecified atom stereocenters. The number of rotatable bonds is 3. The molecule has 0 bridgehead atoms. The lowest BCUT2D eigenvalue weighted by atomic mass is 10.2. The third-order valence-electron chi connectivity index (χ3n) is 3.16. The van der Waals surface area contributed by atoms with Crippen LogP contribution in [0.4, 0.5) is 5.69 Å². The highest BCUT2D eigenvalue weighted by atomic mass is 79.9. The molecule has 0 aliphatic carbocycles. The number of halogens is 2. The standard InChI is InChI=1S/C16H12BrClN2O/c17-12-2-1-3-14(9-12)19-16(21)10-20-7-6-11-8-13(18)4-5-15(11)20/h1-9H,10H2,(H,19,21). The highest BCUT2D eigenvalue weighted by Gasteiger charge is 2.07. The van der Waals surface area contributed by atoms with Crippen LogP contribution in [0.3, 0.4) is 0 Å². The predicted molar refractivity (Wildman–Crippen MR) is 89.7 cm³/mol. The number of nitrogens with one attached hydrogen (secondary N) is 1. The molecule has 1 amide bonds. The number of hydrogen-bond donors (Lipinski definition) is 1. The molecule has 1 aromatic heterocycles. The smallest absolute Gasteiger partial charge is 0.244 e. The van der Waals surface area contributed by atoms with Gasteiger partial charge in [0.05, 0.1) is 0 Å². The third kappa shape index (κ3) is 3.28. The van der Waals surface area contributed by atoms with E-state index in [0.717, 1.165) is 21.1 Å². The number of carbonyl (C=O) groups is 1. The molecule has 0 spiro atoms. The van der Waals surface area contributed by atoms with E-state index in [1.165, 1.54) is 0 Å². The number of carbonyl (C=O) groups excluding carboxylic acids is 1. The number of anilines is 1. The van der Waals surface area contributed by atoms with Crippen molar-refractivity contribution in [3.8, 4) is 0 Å². The van der Waals surface area contributed by atoms with Gasteiger partial charge in [0.2, 0.25) is 5.91 Å². The van der Waals surface area contributed by atoms with Crippen molar-refractivity contribution in [1.82, 2.24) is 4.57 Å². The van der Waals surface area contributed by atoms with Gasteiger partial charge in [-0.3, -0.25) is 4.79 Å². The number of nitrogens with zero attached hydrogens (tertiary/aromatic N) is 1. The highest BCUT2D eigenvalue weighted by Crippen LogP contribution is 2.21. The average molecular weight is 364 g/mol. The summed E-state index contributed by atoms with van der Waals surface area (Å²) in [4.78, 5) is 12.1. The van der Waals surface area contributed by atoms with E-state index >= 15 is 0 Å². The second-order valence-corrected chi connectivity index (χ2v) is 6.06. The Morgan fingerprint density at radius 3 is 2.86 bits per heavy atom. The second-order valence-electron chi connectivity index (χ2n) is 4.71. The van der Waals surface area contributed by atoms with Gasteiger partial charge >= 0.3 is 0 Å². The minimum atomic E-state index is -0.0689. The van der Waals surface area contributed by atoms with Crippen LogP contribution in [-0.2, 0) is 11.3 Å². The van der Waals surface area contributed by atoms with Crippen molar-refractivity contribution in [3.63, 3.8) is 0 Å². The molecule has 0 fully saturated rings. The quantitative estimate of drug-likeness (QED) is 0.719. The Morgan fingerprint density at radius 2 is 2.05 bits per heavy atom. The van der Waals surface area contributed by atoms with Gasteiger partial charge in [-0.25, -0.2) is 0 Å². The lowest BCUT2D eigenvalue weighted by Crippen LogP contribution is -2.18. The molecule has 3 nitrogen and oxygen atoms in total. The van der Waals surface area contributed by atoms with E-state index in [2.05, 4.69) is 21.2 Å². The fourth-order valence-corrected chi connectivity index (χ4v) is 2.81. The molecule has 3 rings (SSSR count). The van der Waals surface area contributed by atoms with Crippen molar-refractivity contribution >= 4 is 50.0 Å². The maximum absolute atomic E-state index is 12.1. The Labute approximate surface area is 135 Å². The first kappa shape index (κ1) is 14.2. The monoisotopic (exact) mass is 362 g/mol. The van der Waals surface area contributed by atoms with Crippen LogP contribution < -0.4 is 5.32 Å². The van der Waals surface area contributed by atoms with Gasteiger partial charge in [0.15, 0.2) is 0 Å². The van der Waals surface area contributed by atoms with Crippen LogP contribution in [0.25, 0.3) is 10.9 Å². The first-order valence-corrected chi connectivity index (χ1v) is 7.59. The van der Waals surface area contributed by atoms with E-state index in [0.29, 0.717) is 5.02 Å². The Kier molecular flexibility index (Phi) is 3.99. The zero-order valence-electron chi connectivity index (χ0n) is 11.0. The van der Waals surface area contributed by atoms with Crippen LogP contribution in [0.15, 0.2) is 59.2 Å². The summed E-state index contributed by atoms with van der Waals surface area (Å²) in [7, 11) is 0. The molecular formula is C16H12BrClN2O. The van der Waals surface area contributed by atoms with Crippen molar-refractivity contribution in [3.05, 3.63) is 64.2 Å². The lowest BCUT2D eigenvalue weighted by molar-refractivity contribution is -0.116. The van der Waals surface area contributed by atoms with Gasteiger partial charge in [-0.15, -0.1) is 0 Å². The molecule has 0 aliphatic rings. The van der Waals surface area contributed by atoms with E-state index in [4.69, 9.17) is 11.6 Å². The lowest BCUT2D eigenvalue weighted by Gasteiger charge is -2.08. The maximum Gasteiger partial charge on any atom is 0.244 e. The zero-order chi connectivity index (χ0) is 14.8. The normalized spacial score (nSPS) is 10.8. The van der Waals surface area contributed by atoms with Gasteiger partial charge in [0.1, 0.15) is 6.54 Å². The predicted octanol–water partition coefficient (Wildman–Crippen LogP) is 4.70. The molecule has 1 N–H and O–H groups in total. The van der Waals surface area contributed by atoms with Crippen molar-refractivity contribution < 1.29 is 4.79 Å². The molecule has 1 heterocycles. The molecule has 0 saturated heterocycles. The van der Waals surface area contributed by atoms with Crippen LogP contribution in [0.5, 0.6) is 0 Å². The SMILES string of the molecule is O=C(Cn1ccc2cc(Cl)ccc21)Nc1cccc(Br)c1.